The highest BCUT2D eigenvalue weighted by molar-refractivity contribution is 5.99. The first-order chi connectivity index (χ1) is 14.2. The van der Waals surface area contributed by atoms with Gasteiger partial charge < -0.3 is 15.2 Å². The number of hydrogen-bond donors (Lipinski definition) is 1. The summed E-state index contributed by atoms with van der Waals surface area (Å²) in [4.78, 5) is 12.8. The van der Waals surface area contributed by atoms with Crippen molar-refractivity contribution < 1.29 is 14.3 Å². The van der Waals surface area contributed by atoms with Crippen molar-refractivity contribution in [2.24, 2.45) is 5.92 Å². The molecule has 2 aromatic carbocycles. The Hall–Kier alpha value is -3.53. The minimum absolute atomic E-state index is 0.354. The van der Waals surface area contributed by atoms with Gasteiger partial charge in [0.2, 0.25) is 0 Å². The van der Waals surface area contributed by atoms with E-state index in [1.54, 1.807) is 45.0 Å². The Morgan fingerprint density at radius 2 is 2.07 bits per heavy atom. The summed E-state index contributed by atoms with van der Waals surface area (Å²) < 4.78 is 12.6. The topological polar surface area (TPSA) is 103 Å². The fraction of sp³-hybridized carbons (Fsp3) is 0.348. The minimum Gasteiger partial charge on any atom is -0.492 e. The minimum atomic E-state index is -0.682. The molecule has 1 aliphatic rings. The molecule has 1 heterocycles. The number of hydrogen-bond acceptors (Lipinski definition) is 6. The maximum atomic E-state index is 12.8. The second-order valence-corrected chi connectivity index (χ2v) is 8.60. The number of nitrogen functional groups attached to an aromatic ring is 1. The number of carbonyl (C=O) groups is 1. The van der Waals surface area contributed by atoms with Crippen molar-refractivity contribution in [1.29, 1.82) is 5.26 Å². The van der Waals surface area contributed by atoms with E-state index in [0.717, 1.165) is 18.4 Å². The largest absolute Gasteiger partial charge is 0.492 e. The molecule has 0 atom stereocenters. The summed E-state index contributed by atoms with van der Waals surface area (Å²) in [5.41, 5.74) is 8.04. The van der Waals surface area contributed by atoms with E-state index >= 15 is 0 Å². The Kier molecular flexibility index (Phi) is 4.86. The van der Waals surface area contributed by atoms with Crippen molar-refractivity contribution in [3.05, 3.63) is 42.0 Å². The molecular formula is C23H24N4O3. The van der Waals surface area contributed by atoms with Crippen LogP contribution in [0.15, 0.2) is 36.4 Å². The summed E-state index contributed by atoms with van der Waals surface area (Å²) in [7, 11) is 0. The van der Waals surface area contributed by atoms with Crippen LogP contribution < -0.4 is 10.5 Å². The van der Waals surface area contributed by atoms with Crippen LogP contribution >= 0.6 is 0 Å². The molecule has 0 spiro atoms. The molecule has 1 aliphatic carbocycles. The zero-order chi connectivity index (χ0) is 21.5. The zero-order valence-electron chi connectivity index (χ0n) is 17.3. The molecule has 3 aromatic rings. The standard InChI is InChI=1S/C23H24N4O3/c1-23(2,3)30-22(28)27-19-10-16(12-24)20(29-13-14-7-8-14)11-18(19)21(26-27)15-5-4-6-17(25)9-15/h4-6,9-11,14H,7-8,13,25H2,1-3H3. The molecule has 154 valence electrons. The molecule has 4 rings (SSSR count). The molecule has 1 aromatic heterocycles. The summed E-state index contributed by atoms with van der Waals surface area (Å²) in [6.45, 7) is 5.95. The number of benzene rings is 2. The highest BCUT2D eigenvalue weighted by atomic mass is 16.6. The fourth-order valence-corrected chi connectivity index (χ4v) is 3.18. The quantitative estimate of drug-likeness (QED) is 0.631. The number of nitrogens with two attached hydrogens (primary N) is 1. The van der Waals surface area contributed by atoms with Gasteiger partial charge in [0.15, 0.2) is 0 Å². The number of fused-ring (bicyclic) bond motifs is 1. The predicted octanol–water partition coefficient (Wildman–Crippen LogP) is 4.73. The first-order valence-electron chi connectivity index (χ1n) is 9.94. The molecular weight excluding hydrogens is 380 g/mol. The van der Waals surface area contributed by atoms with Gasteiger partial charge in [-0.05, 0) is 63.8 Å². The molecule has 30 heavy (non-hydrogen) atoms. The van der Waals surface area contributed by atoms with E-state index in [2.05, 4.69) is 11.2 Å². The molecule has 0 amide bonds. The smallest absolute Gasteiger partial charge is 0.435 e. The van der Waals surface area contributed by atoms with Gasteiger partial charge in [-0.3, -0.25) is 0 Å². The van der Waals surface area contributed by atoms with Gasteiger partial charge in [0.25, 0.3) is 0 Å². The average Bonchev–Trinajstić information content (AvgIpc) is 3.43. The van der Waals surface area contributed by atoms with Gasteiger partial charge >= 0.3 is 6.09 Å². The van der Waals surface area contributed by atoms with Crippen LogP contribution in [-0.4, -0.2) is 28.1 Å². The van der Waals surface area contributed by atoms with Crippen LogP contribution in [0, 0.1) is 17.2 Å². The van der Waals surface area contributed by atoms with Gasteiger partial charge in [0.1, 0.15) is 23.1 Å². The van der Waals surface area contributed by atoms with Crippen LogP contribution in [0.25, 0.3) is 22.2 Å². The number of aromatic nitrogens is 2. The number of carbonyl (C=O) groups excluding carboxylic acids is 1. The summed E-state index contributed by atoms with van der Waals surface area (Å²) in [6, 6.07) is 12.9. The Morgan fingerprint density at radius 3 is 2.70 bits per heavy atom. The van der Waals surface area contributed by atoms with Crippen LogP contribution in [0.2, 0.25) is 0 Å². The molecule has 7 heteroatoms. The lowest BCUT2D eigenvalue weighted by Gasteiger charge is -2.19. The van der Waals surface area contributed by atoms with Crippen LogP contribution in [-0.2, 0) is 4.74 Å². The molecule has 0 saturated heterocycles. The Morgan fingerprint density at radius 1 is 1.30 bits per heavy atom. The van der Waals surface area contributed by atoms with Crippen LogP contribution in [0.5, 0.6) is 5.75 Å². The molecule has 1 saturated carbocycles. The Balaban J connectivity index is 1.88. The van der Waals surface area contributed by atoms with Gasteiger partial charge in [-0.15, -0.1) is 0 Å². The van der Waals surface area contributed by atoms with Gasteiger partial charge in [-0.25, -0.2) is 4.79 Å². The fourth-order valence-electron chi connectivity index (χ4n) is 3.18. The van der Waals surface area contributed by atoms with Crippen molar-refractivity contribution in [3.63, 3.8) is 0 Å². The number of ether oxygens (including phenoxy) is 2. The van der Waals surface area contributed by atoms with E-state index in [1.807, 2.05) is 12.1 Å². The third kappa shape index (κ3) is 4.08. The van der Waals surface area contributed by atoms with Gasteiger partial charge in [-0.2, -0.15) is 15.0 Å². The summed E-state index contributed by atoms with van der Waals surface area (Å²) >= 11 is 0. The molecule has 0 aliphatic heterocycles. The molecule has 7 nitrogen and oxygen atoms in total. The number of nitriles is 1. The van der Waals surface area contributed by atoms with Crippen LogP contribution in [0.1, 0.15) is 39.2 Å². The van der Waals surface area contributed by atoms with E-state index in [4.69, 9.17) is 15.2 Å². The molecule has 2 N–H and O–H groups in total. The van der Waals surface area contributed by atoms with Crippen molar-refractivity contribution in [3.8, 4) is 23.1 Å². The number of nitrogens with zero attached hydrogens (tertiary/aromatic N) is 3. The maximum Gasteiger partial charge on any atom is 0.435 e. The number of rotatable bonds is 4. The first-order valence-corrected chi connectivity index (χ1v) is 9.94. The summed E-state index contributed by atoms with van der Waals surface area (Å²) in [5.74, 6) is 1.04. The highest BCUT2D eigenvalue weighted by Crippen LogP contribution is 2.36. The van der Waals surface area contributed by atoms with Gasteiger partial charge in [0, 0.05) is 16.6 Å². The molecule has 0 radical (unpaired) electrons. The monoisotopic (exact) mass is 404 g/mol. The number of anilines is 1. The van der Waals surface area contributed by atoms with E-state index in [9.17, 15) is 10.1 Å². The maximum absolute atomic E-state index is 12.8. The Bertz CT molecular complexity index is 1160. The lowest BCUT2D eigenvalue weighted by molar-refractivity contribution is 0.0523. The Labute approximate surface area is 175 Å². The van der Waals surface area contributed by atoms with E-state index in [-0.39, 0.29) is 0 Å². The summed E-state index contributed by atoms with van der Waals surface area (Å²) in [6.07, 6.45) is 1.68. The molecule has 0 bridgehead atoms. The lowest BCUT2D eigenvalue weighted by atomic mass is 10.0. The van der Waals surface area contributed by atoms with Crippen molar-refractivity contribution in [2.75, 3.05) is 12.3 Å². The highest BCUT2D eigenvalue weighted by Gasteiger charge is 2.26. The van der Waals surface area contributed by atoms with Crippen LogP contribution in [0.4, 0.5) is 10.5 Å². The van der Waals surface area contributed by atoms with Gasteiger partial charge in [0.05, 0.1) is 17.7 Å². The zero-order valence-corrected chi connectivity index (χ0v) is 17.3. The average molecular weight is 404 g/mol. The molecule has 0 unspecified atom stereocenters. The lowest BCUT2D eigenvalue weighted by Crippen LogP contribution is -2.27. The van der Waals surface area contributed by atoms with Crippen molar-refractivity contribution in [1.82, 2.24) is 9.78 Å². The van der Waals surface area contributed by atoms with Crippen molar-refractivity contribution >= 4 is 22.7 Å². The third-order valence-electron chi connectivity index (χ3n) is 4.80. The second kappa shape index (κ2) is 7.38. The first kappa shape index (κ1) is 19.8. The van der Waals surface area contributed by atoms with Crippen LogP contribution in [0.3, 0.4) is 0 Å². The van der Waals surface area contributed by atoms with E-state index < -0.39 is 11.7 Å². The summed E-state index contributed by atoms with van der Waals surface area (Å²) in [5, 5.41) is 14.9. The normalized spacial score (nSPS) is 13.8. The molecule has 1 fully saturated rings. The van der Waals surface area contributed by atoms with E-state index in [1.165, 1.54) is 4.68 Å². The third-order valence-corrected chi connectivity index (χ3v) is 4.80. The van der Waals surface area contributed by atoms with Crippen molar-refractivity contribution in [2.45, 2.75) is 39.2 Å². The van der Waals surface area contributed by atoms with Gasteiger partial charge in [-0.1, -0.05) is 12.1 Å². The van der Waals surface area contributed by atoms with E-state index in [0.29, 0.717) is 46.1 Å². The predicted molar refractivity (Wildman–Crippen MR) is 114 cm³/mol. The second-order valence-electron chi connectivity index (χ2n) is 8.60. The SMILES string of the molecule is CC(C)(C)OC(=O)n1nc(-c2cccc(N)c2)c2cc(OCC3CC3)c(C#N)cc21.